The maximum atomic E-state index is 6.17. The lowest BCUT2D eigenvalue weighted by Crippen LogP contribution is -2.41. The number of piperidine rings is 1. The molecule has 0 unspecified atom stereocenters. The van der Waals surface area contributed by atoms with E-state index in [4.69, 9.17) is 9.26 Å². The smallest absolute Gasteiger partial charge is 0.255 e. The van der Waals surface area contributed by atoms with Crippen LogP contribution in [0, 0.1) is 12.8 Å². The van der Waals surface area contributed by atoms with Gasteiger partial charge in [-0.05, 0) is 44.4 Å². The first-order valence-electron chi connectivity index (χ1n) is 7.86. The Kier molecular flexibility index (Phi) is 3.63. The number of aryl methyl sites for hydroxylation is 1. The highest BCUT2D eigenvalue weighted by Gasteiger charge is 2.41. The Balaban J connectivity index is 1.39. The molecule has 2 aromatic heterocycles. The van der Waals surface area contributed by atoms with Gasteiger partial charge in [-0.2, -0.15) is 4.98 Å². The minimum atomic E-state index is -0.0361. The quantitative estimate of drug-likeness (QED) is 0.865. The second-order valence-electron chi connectivity index (χ2n) is 6.18. The van der Waals surface area contributed by atoms with E-state index in [1.54, 1.807) is 0 Å². The summed E-state index contributed by atoms with van der Waals surface area (Å²) in [6.07, 6.45) is 4.22. The number of pyridine rings is 1. The molecule has 2 aliphatic rings. The van der Waals surface area contributed by atoms with Crippen LogP contribution in [-0.2, 0) is 11.3 Å². The van der Waals surface area contributed by atoms with Crippen LogP contribution in [0.2, 0.25) is 0 Å². The molecule has 0 bridgehead atoms. The summed E-state index contributed by atoms with van der Waals surface area (Å²) in [6, 6.07) is 6.06. The van der Waals surface area contributed by atoms with Crippen LogP contribution in [0.4, 0.5) is 0 Å². The summed E-state index contributed by atoms with van der Waals surface area (Å²) in [5.74, 6) is 1.89. The molecule has 2 fully saturated rings. The van der Waals surface area contributed by atoms with Gasteiger partial charge in [-0.25, -0.2) is 0 Å². The summed E-state index contributed by atoms with van der Waals surface area (Å²) in [4.78, 5) is 11.1. The summed E-state index contributed by atoms with van der Waals surface area (Å²) in [7, 11) is 0. The molecule has 0 radical (unpaired) electrons. The molecule has 2 saturated heterocycles. The summed E-state index contributed by atoms with van der Waals surface area (Å²) in [6.45, 7) is 4.77. The van der Waals surface area contributed by atoms with Crippen molar-refractivity contribution in [1.82, 2.24) is 20.0 Å². The normalized spacial score (nSPS) is 28.7. The minimum Gasteiger partial charge on any atom is -0.364 e. The number of hydrogen-bond donors (Lipinski definition) is 0. The van der Waals surface area contributed by atoms with Gasteiger partial charge in [0.2, 0.25) is 0 Å². The molecular weight excluding hydrogens is 280 g/mol. The second kappa shape index (κ2) is 5.78. The molecule has 4 rings (SSSR count). The van der Waals surface area contributed by atoms with Crippen LogP contribution >= 0.6 is 0 Å². The number of ether oxygens (including phenoxy) is 1. The lowest BCUT2D eigenvalue weighted by Gasteiger charge is -2.33. The van der Waals surface area contributed by atoms with E-state index >= 15 is 0 Å². The van der Waals surface area contributed by atoms with Gasteiger partial charge in [0.05, 0.1) is 11.8 Å². The van der Waals surface area contributed by atoms with E-state index in [-0.39, 0.29) is 12.2 Å². The number of fused-ring (bicyclic) bond motifs is 1. The zero-order valence-electron chi connectivity index (χ0n) is 12.7. The second-order valence-corrected chi connectivity index (χ2v) is 6.18. The van der Waals surface area contributed by atoms with Crippen molar-refractivity contribution in [2.45, 2.75) is 38.5 Å². The fourth-order valence-electron chi connectivity index (χ4n) is 3.46. The molecule has 0 saturated carbocycles. The fraction of sp³-hybridized carbons (Fsp3) is 0.562. The standard InChI is InChI=1S/C16H20N4O2/c1-11-18-16(22-19-11)14-8-12-5-7-20(10-15(12)21-14)9-13-4-2-3-6-17-13/h2-4,6,12,14-15H,5,7-10H2,1H3/t12-,14-,15+/m0/s1. The molecule has 0 amide bonds. The molecule has 0 N–H and O–H groups in total. The molecule has 2 aliphatic heterocycles. The van der Waals surface area contributed by atoms with Crippen molar-refractivity contribution in [1.29, 1.82) is 0 Å². The number of rotatable bonds is 3. The number of likely N-dealkylation sites (tertiary alicyclic amines) is 1. The molecule has 2 aromatic rings. The Morgan fingerprint density at radius 2 is 2.32 bits per heavy atom. The molecule has 22 heavy (non-hydrogen) atoms. The van der Waals surface area contributed by atoms with Gasteiger partial charge < -0.3 is 9.26 Å². The van der Waals surface area contributed by atoms with Crippen molar-refractivity contribution in [2.75, 3.05) is 13.1 Å². The molecule has 0 aromatic carbocycles. The van der Waals surface area contributed by atoms with Gasteiger partial charge in [0, 0.05) is 19.3 Å². The van der Waals surface area contributed by atoms with Gasteiger partial charge in [-0.3, -0.25) is 9.88 Å². The molecule has 6 nitrogen and oxygen atoms in total. The van der Waals surface area contributed by atoms with Crippen LogP contribution in [0.1, 0.15) is 36.4 Å². The molecule has 3 atom stereocenters. The Labute approximate surface area is 129 Å². The van der Waals surface area contributed by atoms with E-state index in [0.717, 1.165) is 38.2 Å². The highest BCUT2D eigenvalue weighted by Crippen LogP contribution is 2.40. The topological polar surface area (TPSA) is 64.3 Å². The van der Waals surface area contributed by atoms with Crippen molar-refractivity contribution < 1.29 is 9.26 Å². The Morgan fingerprint density at radius 3 is 3.09 bits per heavy atom. The van der Waals surface area contributed by atoms with Crippen molar-refractivity contribution in [3.63, 3.8) is 0 Å². The van der Waals surface area contributed by atoms with Crippen molar-refractivity contribution in [3.8, 4) is 0 Å². The third kappa shape index (κ3) is 2.76. The van der Waals surface area contributed by atoms with Gasteiger partial charge in [0.25, 0.3) is 5.89 Å². The van der Waals surface area contributed by atoms with E-state index in [2.05, 4.69) is 26.1 Å². The molecule has 6 heteroatoms. The Bertz CT molecular complexity index is 630. The molecular formula is C16H20N4O2. The monoisotopic (exact) mass is 300 g/mol. The third-order valence-electron chi connectivity index (χ3n) is 4.57. The summed E-state index contributed by atoms with van der Waals surface area (Å²) >= 11 is 0. The Hall–Kier alpha value is -1.79. The van der Waals surface area contributed by atoms with Crippen molar-refractivity contribution in [2.24, 2.45) is 5.92 Å². The van der Waals surface area contributed by atoms with Crippen molar-refractivity contribution in [3.05, 3.63) is 41.8 Å². The Morgan fingerprint density at radius 1 is 1.36 bits per heavy atom. The van der Waals surface area contributed by atoms with Gasteiger partial charge in [0.15, 0.2) is 5.82 Å². The largest absolute Gasteiger partial charge is 0.364 e. The summed E-state index contributed by atoms with van der Waals surface area (Å²) in [5.41, 5.74) is 1.11. The summed E-state index contributed by atoms with van der Waals surface area (Å²) < 4.78 is 11.4. The highest BCUT2D eigenvalue weighted by molar-refractivity contribution is 5.04. The summed E-state index contributed by atoms with van der Waals surface area (Å²) in [5, 5.41) is 3.86. The van der Waals surface area contributed by atoms with Gasteiger partial charge in [0.1, 0.15) is 6.10 Å². The maximum Gasteiger partial charge on any atom is 0.255 e. The lowest BCUT2D eigenvalue weighted by molar-refractivity contribution is -0.0192. The van der Waals surface area contributed by atoms with Crippen LogP contribution < -0.4 is 0 Å². The SMILES string of the molecule is Cc1noc([C@@H]2C[C@@H]3CCN(Cc4ccccn4)C[C@H]3O2)n1. The van der Waals surface area contributed by atoms with Gasteiger partial charge in [-0.1, -0.05) is 11.2 Å². The fourth-order valence-corrected chi connectivity index (χ4v) is 3.46. The molecule has 116 valence electrons. The van der Waals surface area contributed by atoms with Crippen LogP contribution in [0.3, 0.4) is 0 Å². The molecule has 0 spiro atoms. The van der Waals surface area contributed by atoms with Gasteiger partial charge in [-0.15, -0.1) is 0 Å². The highest BCUT2D eigenvalue weighted by atomic mass is 16.5. The first-order valence-corrected chi connectivity index (χ1v) is 7.86. The number of nitrogens with zero attached hydrogens (tertiary/aromatic N) is 4. The first-order chi connectivity index (χ1) is 10.8. The zero-order chi connectivity index (χ0) is 14.9. The van der Waals surface area contributed by atoms with E-state index in [1.165, 1.54) is 0 Å². The predicted molar refractivity (Wildman–Crippen MR) is 78.9 cm³/mol. The van der Waals surface area contributed by atoms with Crippen LogP contribution in [-0.4, -0.2) is 39.2 Å². The zero-order valence-corrected chi connectivity index (χ0v) is 12.7. The number of aromatic nitrogens is 3. The average Bonchev–Trinajstić information content (AvgIpc) is 3.14. The average molecular weight is 300 g/mol. The third-order valence-corrected chi connectivity index (χ3v) is 4.57. The van der Waals surface area contributed by atoms with E-state index < -0.39 is 0 Å². The van der Waals surface area contributed by atoms with Crippen LogP contribution in [0.5, 0.6) is 0 Å². The minimum absolute atomic E-state index is 0.0361. The maximum absolute atomic E-state index is 6.17. The first kappa shape index (κ1) is 13.8. The van der Waals surface area contributed by atoms with Crippen molar-refractivity contribution >= 4 is 0 Å². The predicted octanol–water partition coefficient (Wildman–Crippen LogP) is 2.13. The van der Waals surface area contributed by atoms with E-state index in [0.29, 0.717) is 17.6 Å². The van der Waals surface area contributed by atoms with Gasteiger partial charge >= 0.3 is 0 Å². The van der Waals surface area contributed by atoms with E-state index in [1.807, 2.05) is 25.3 Å². The van der Waals surface area contributed by atoms with Crippen LogP contribution in [0.25, 0.3) is 0 Å². The lowest BCUT2D eigenvalue weighted by atomic mass is 9.91. The molecule has 0 aliphatic carbocycles. The molecule has 4 heterocycles. The van der Waals surface area contributed by atoms with E-state index in [9.17, 15) is 0 Å². The number of hydrogen-bond acceptors (Lipinski definition) is 6. The van der Waals surface area contributed by atoms with Crippen LogP contribution in [0.15, 0.2) is 28.9 Å².